The van der Waals surface area contributed by atoms with Crippen LogP contribution in [0.1, 0.15) is 6.42 Å². The van der Waals surface area contributed by atoms with E-state index in [-0.39, 0.29) is 12.5 Å². The van der Waals surface area contributed by atoms with E-state index >= 15 is 0 Å². The molecule has 3 N–H and O–H groups in total. The molecule has 0 fully saturated rings. The number of hydrogen-bond donors (Lipinski definition) is 2. The van der Waals surface area contributed by atoms with Crippen molar-refractivity contribution in [3.63, 3.8) is 0 Å². The third kappa shape index (κ3) is 5.30. The van der Waals surface area contributed by atoms with Gasteiger partial charge in [-0.1, -0.05) is 0 Å². The van der Waals surface area contributed by atoms with Crippen molar-refractivity contribution in [1.82, 2.24) is 0 Å². The van der Waals surface area contributed by atoms with Crippen molar-refractivity contribution in [2.24, 2.45) is 5.73 Å². The fourth-order valence-corrected chi connectivity index (χ4v) is 0.201. The molecule has 3 heteroatoms. The Kier molecular flexibility index (Phi) is 2.22. The lowest BCUT2D eigenvalue weighted by Gasteiger charge is -1.89. The van der Waals surface area contributed by atoms with E-state index in [0.29, 0.717) is 0 Å². The number of hydrogen-bond acceptors (Lipinski definition) is 2. The Balaban J connectivity index is 3.13. The van der Waals surface area contributed by atoms with Gasteiger partial charge in [-0.25, -0.2) is 5.11 Å². The van der Waals surface area contributed by atoms with Crippen LogP contribution in [0.2, 0.25) is 0 Å². The van der Waals surface area contributed by atoms with E-state index in [0.717, 1.165) is 0 Å². The molecule has 0 aromatic heterocycles. The van der Waals surface area contributed by atoms with E-state index in [2.05, 4.69) is 12.7 Å². The summed E-state index contributed by atoms with van der Waals surface area (Å²) < 4.78 is 0. The number of aliphatic hydroxyl groups excluding tert-OH is 1. The summed E-state index contributed by atoms with van der Waals surface area (Å²) in [6.45, 7) is 3.05. The molecule has 0 rings (SSSR count). The van der Waals surface area contributed by atoms with Crippen molar-refractivity contribution in [1.29, 1.82) is 0 Å². The number of primary amides is 1. The summed E-state index contributed by atoms with van der Waals surface area (Å²) in [6, 6.07) is 0. The van der Waals surface area contributed by atoms with E-state index in [9.17, 15) is 4.79 Å². The fourth-order valence-electron chi connectivity index (χ4n) is 0.201. The van der Waals surface area contributed by atoms with Crippen LogP contribution in [0.25, 0.3) is 0 Å². The number of aliphatic hydroxyl groups is 1. The third-order valence-electron chi connectivity index (χ3n) is 0.378. The van der Waals surface area contributed by atoms with Gasteiger partial charge in [-0.3, -0.25) is 4.79 Å². The number of rotatable bonds is 2. The van der Waals surface area contributed by atoms with Gasteiger partial charge in [0.2, 0.25) is 0 Å². The minimum absolute atomic E-state index is 0.139. The van der Waals surface area contributed by atoms with Crippen LogP contribution in [0.4, 0.5) is 0 Å². The molecule has 0 heterocycles. The Morgan fingerprint density at radius 3 is 2.43 bits per heavy atom. The molecule has 0 aromatic carbocycles. The topological polar surface area (TPSA) is 63.3 Å². The van der Waals surface area contributed by atoms with E-state index in [1.54, 1.807) is 0 Å². The van der Waals surface area contributed by atoms with Gasteiger partial charge in [0, 0.05) is 0 Å². The zero-order valence-electron chi connectivity index (χ0n) is 3.85. The molecule has 0 atom stereocenters. The first-order valence-corrected chi connectivity index (χ1v) is 1.78. The van der Waals surface area contributed by atoms with Gasteiger partial charge in [0.15, 0.2) is 6.42 Å². The minimum Gasteiger partial charge on any atom is -0.366 e. The molecule has 40 valence electrons. The minimum atomic E-state index is -0.562. The van der Waals surface area contributed by atoms with Gasteiger partial charge in [0.1, 0.15) is 0 Å². The van der Waals surface area contributed by atoms with Gasteiger partial charge >= 0.3 is 0 Å². The molecule has 0 aliphatic carbocycles. The average molecular weight is 101 g/mol. The molecule has 7 heavy (non-hydrogen) atoms. The summed E-state index contributed by atoms with van der Waals surface area (Å²) in [7, 11) is 0. The van der Waals surface area contributed by atoms with Crippen molar-refractivity contribution >= 4 is 5.91 Å². The van der Waals surface area contributed by atoms with Crippen molar-refractivity contribution in [3.8, 4) is 0 Å². The first kappa shape index (κ1) is 6.30. The van der Waals surface area contributed by atoms with Gasteiger partial charge in [0.25, 0.3) is 5.91 Å². The van der Waals surface area contributed by atoms with E-state index in [4.69, 9.17) is 5.11 Å². The number of nitrogens with two attached hydrogens (primary N) is 1. The second-order valence-corrected chi connectivity index (χ2v) is 1.21. The molecule has 0 aliphatic heterocycles. The largest absolute Gasteiger partial charge is 0.366 e. The Labute approximate surface area is 42.1 Å². The van der Waals surface area contributed by atoms with Crippen LogP contribution in [-0.2, 0) is 4.79 Å². The Morgan fingerprint density at radius 1 is 2.00 bits per heavy atom. The Hall–Kier alpha value is -0.700. The molecule has 0 saturated heterocycles. The molecule has 3 nitrogen and oxygen atoms in total. The van der Waals surface area contributed by atoms with Crippen LogP contribution in [-0.4, -0.2) is 11.0 Å². The van der Waals surface area contributed by atoms with Gasteiger partial charge in [0.05, 0.1) is 6.10 Å². The maximum Gasteiger partial charge on any atom is 0.262 e. The number of carbonyl (C=O) groups excluding carboxylic acids is 1. The third-order valence-corrected chi connectivity index (χ3v) is 0.378. The van der Waals surface area contributed by atoms with Gasteiger partial charge < -0.3 is 5.73 Å². The van der Waals surface area contributed by atoms with Crippen molar-refractivity contribution in [3.05, 3.63) is 13.0 Å². The highest BCUT2D eigenvalue weighted by atomic mass is 16.3. The summed E-state index contributed by atoms with van der Waals surface area (Å²) in [5.74, 6) is -0.562. The molecular formula is C4H7NO2. The van der Waals surface area contributed by atoms with Gasteiger partial charge in [-0.05, 0) is 0 Å². The molecule has 0 spiro atoms. The second-order valence-electron chi connectivity index (χ2n) is 1.21. The van der Waals surface area contributed by atoms with Gasteiger partial charge in [-0.15, -0.1) is 6.92 Å². The zero-order chi connectivity index (χ0) is 5.86. The van der Waals surface area contributed by atoms with Crippen LogP contribution in [0.5, 0.6) is 0 Å². The summed E-state index contributed by atoms with van der Waals surface area (Å²) in [4.78, 5) is 9.81. The lowest BCUT2D eigenvalue weighted by atomic mass is 10.3. The normalized spacial score (nSPS) is 8.29. The van der Waals surface area contributed by atoms with E-state index in [1.165, 1.54) is 0 Å². The van der Waals surface area contributed by atoms with Crippen molar-refractivity contribution < 1.29 is 9.90 Å². The number of carbonyl (C=O) groups is 1. The summed E-state index contributed by atoms with van der Waals surface area (Å²) in [6.07, 6.45) is -0.326. The zero-order valence-corrected chi connectivity index (χ0v) is 3.85. The highest BCUT2D eigenvalue weighted by Crippen LogP contribution is 1.93. The molecule has 0 aromatic rings. The smallest absolute Gasteiger partial charge is 0.262 e. The Bertz CT molecular complexity index is 70.1. The van der Waals surface area contributed by atoms with E-state index < -0.39 is 5.91 Å². The molecule has 0 unspecified atom stereocenters. The highest BCUT2D eigenvalue weighted by molar-refractivity contribution is 5.75. The van der Waals surface area contributed by atoms with Gasteiger partial charge in [-0.2, -0.15) is 0 Å². The number of amides is 1. The van der Waals surface area contributed by atoms with Crippen LogP contribution >= 0.6 is 0 Å². The Morgan fingerprint density at radius 2 is 2.43 bits per heavy atom. The van der Waals surface area contributed by atoms with Crippen molar-refractivity contribution in [2.75, 3.05) is 0 Å². The van der Waals surface area contributed by atoms with E-state index in [1.807, 2.05) is 0 Å². The SMILES string of the molecule is [CH2-][C+](O)CC(N)=O. The summed E-state index contributed by atoms with van der Waals surface area (Å²) in [5, 5.41) is 8.23. The van der Waals surface area contributed by atoms with Crippen LogP contribution in [0.15, 0.2) is 0 Å². The lowest BCUT2D eigenvalue weighted by molar-refractivity contribution is -0.118. The van der Waals surface area contributed by atoms with Crippen molar-refractivity contribution in [2.45, 2.75) is 6.42 Å². The highest BCUT2D eigenvalue weighted by Gasteiger charge is 2.03. The first-order valence-electron chi connectivity index (χ1n) is 1.78. The lowest BCUT2D eigenvalue weighted by Crippen LogP contribution is -2.13. The molecule has 0 saturated carbocycles. The van der Waals surface area contributed by atoms with Crippen LogP contribution in [0.3, 0.4) is 0 Å². The maximum absolute atomic E-state index is 9.81. The van der Waals surface area contributed by atoms with Crippen LogP contribution < -0.4 is 5.73 Å². The molecule has 0 aliphatic rings. The second kappa shape index (κ2) is 2.47. The molecule has 0 bridgehead atoms. The fraction of sp³-hybridized carbons (Fsp3) is 0.250. The quantitative estimate of drug-likeness (QED) is 0.465. The van der Waals surface area contributed by atoms with Crippen LogP contribution in [0, 0.1) is 13.0 Å². The monoisotopic (exact) mass is 101 g/mol. The first-order chi connectivity index (χ1) is 3.13. The molecular weight excluding hydrogens is 94.0 g/mol. The maximum atomic E-state index is 9.81. The average Bonchev–Trinajstić information content (AvgIpc) is 1.27. The predicted octanol–water partition coefficient (Wildman–Crippen LogP) is -0.400. The predicted molar refractivity (Wildman–Crippen MR) is 24.3 cm³/mol. The summed E-state index contributed by atoms with van der Waals surface area (Å²) in [5.41, 5.74) is 4.63. The summed E-state index contributed by atoms with van der Waals surface area (Å²) >= 11 is 0. The molecule has 0 radical (unpaired) electrons. The standard InChI is InChI=1S/C4H7NO2/c1-3(6)2-4(5)7/h6H,1-2H2,(H2,5,7). The molecule has 1 amide bonds.